The van der Waals surface area contributed by atoms with Crippen LogP contribution in [0.25, 0.3) is 0 Å². The van der Waals surface area contributed by atoms with Crippen molar-refractivity contribution in [3.63, 3.8) is 0 Å². The molecule has 0 radical (unpaired) electrons. The Labute approximate surface area is 150 Å². The van der Waals surface area contributed by atoms with E-state index in [0.29, 0.717) is 6.04 Å². The molecule has 1 aliphatic carbocycles. The predicted molar refractivity (Wildman–Crippen MR) is 102 cm³/mol. The third-order valence-electron chi connectivity index (χ3n) is 5.03. The molecule has 1 heterocycles. The molecule has 0 spiro atoms. The summed E-state index contributed by atoms with van der Waals surface area (Å²) in [5.74, 6) is 1.54. The van der Waals surface area contributed by atoms with Gasteiger partial charge in [0.2, 0.25) is 0 Å². The fourth-order valence-corrected chi connectivity index (χ4v) is 3.20. The molecule has 5 nitrogen and oxygen atoms in total. The normalized spacial score (nSPS) is 24.3. The van der Waals surface area contributed by atoms with Crippen molar-refractivity contribution in [1.29, 1.82) is 0 Å². The first-order valence-electron chi connectivity index (χ1n) is 9.43. The standard InChI is InChI=1S/C19H30FN5/c1-3-21-19(23-18-14-15(18)2)22-8-9-24-10-12-25(13-11-24)17-6-4-16(20)5-7-17/h4-7,15,18H,3,8-14H2,1-2H3,(H2,21,22,23). The van der Waals surface area contributed by atoms with E-state index in [9.17, 15) is 4.39 Å². The van der Waals surface area contributed by atoms with Gasteiger partial charge in [0.1, 0.15) is 5.82 Å². The zero-order valence-corrected chi connectivity index (χ0v) is 15.3. The zero-order chi connectivity index (χ0) is 17.6. The molecule has 3 rings (SSSR count). The third-order valence-corrected chi connectivity index (χ3v) is 5.03. The number of nitrogens with zero attached hydrogens (tertiary/aromatic N) is 3. The molecular formula is C19H30FN5. The zero-order valence-electron chi connectivity index (χ0n) is 15.3. The summed E-state index contributed by atoms with van der Waals surface area (Å²) in [6, 6.07) is 7.39. The molecule has 1 aliphatic heterocycles. The SMILES string of the molecule is CCNC(=NCCN1CCN(c2ccc(F)cc2)CC1)NC1CC1C. The van der Waals surface area contributed by atoms with Crippen molar-refractivity contribution in [3.05, 3.63) is 30.1 Å². The summed E-state index contributed by atoms with van der Waals surface area (Å²) in [7, 11) is 0. The second kappa shape index (κ2) is 8.52. The summed E-state index contributed by atoms with van der Waals surface area (Å²) >= 11 is 0. The number of aliphatic imine (C=N–C) groups is 1. The van der Waals surface area contributed by atoms with Crippen LogP contribution in [0.4, 0.5) is 10.1 Å². The number of benzene rings is 1. The largest absolute Gasteiger partial charge is 0.369 e. The van der Waals surface area contributed by atoms with E-state index in [1.165, 1.54) is 18.6 Å². The van der Waals surface area contributed by atoms with Gasteiger partial charge in [-0.2, -0.15) is 0 Å². The van der Waals surface area contributed by atoms with Gasteiger partial charge in [-0.3, -0.25) is 9.89 Å². The molecule has 1 saturated carbocycles. The molecule has 2 N–H and O–H groups in total. The molecular weight excluding hydrogens is 317 g/mol. The molecule has 6 heteroatoms. The van der Waals surface area contributed by atoms with Gasteiger partial charge < -0.3 is 15.5 Å². The minimum absolute atomic E-state index is 0.175. The highest BCUT2D eigenvalue weighted by Crippen LogP contribution is 2.28. The van der Waals surface area contributed by atoms with Crippen molar-refractivity contribution in [2.24, 2.45) is 10.9 Å². The number of halogens is 1. The highest BCUT2D eigenvalue weighted by molar-refractivity contribution is 5.80. The van der Waals surface area contributed by atoms with E-state index < -0.39 is 0 Å². The molecule has 0 bridgehead atoms. The van der Waals surface area contributed by atoms with Crippen molar-refractivity contribution in [2.45, 2.75) is 26.3 Å². The van der Waals surface area contributed by atoms with E-state index in [1.807, 2.05) is 12.1 Å². The molecule has 1 saturated heterocycles. The highest BCUT2D eigenvalue weighted by atomic mass is 19.1. The topological polar surface area (TPSA) is 42.9 Å². The summed E-state index contributed by atoms with van der Waals surface area (Å²) in [6.07, 6.45) is 1.25. The average molecular weight is 347 g/mol. The van der Waals surface area contributed by atoms with E-state index in [0.717, 1.165) is 63.4 Å². The Balaban J connectivity index is 1.40. The second-order valence-electron chi connectivity index (χ2n) is 7.03. The molecule has 1 aromatic rings. The molecule has 2 aliphatic rings. The summed E-state index contributed by atoms with van der Waals surface area (Å²) < 4.78 is 13.0. The van der Waals surface area contributed by atoms with Crippen molar-refractivity contribution in [2.75, 3.05) is 50.7 Å². The fraction of sp³-hybridized carbons (Fsp3) is 0.632. The van der Waals surface area contributed by atoms with Gasteiger partial charge in [0, 0.05) is 51.0 Å². The molecule has 2 unspecified atom stereocenters. The Morgan fingerprint density at radius 3 is 2.48 bits per heavy atom. The molecule has 2 fully saturated rings. The average Bonchev–Trinajstić information content (AvgIpc) is 3.31. The summed E-state index contributed by atoms with van der Waals surface area (Å²) in [4.78, 5) is 9.48. The summed E-state index contributed by atoms with van der Waals surface area (Å²) in [6.45, 7) is 11.1. The smallest absolute Gasteiger partial charge is 0.191 e. The molecule has 2 atom stereocenters. The monoisotopic (exact) mass is 347 g/mol. The summed E-state index contributed by atoms with van der Waals surface area (Å²) in [5, 5.41) is 6.82. The highest BCUT2D eigenvalue weighted by Gasteiger charge is 2.33. The quantitative estimate of drug-likeness (QED) is 0.609. The number of rotatable bonds is 6. The molecule has 0 amide bonds. The van der Waals surface area contributed by atoms with Crippen molar-refractivity contribution >= 4 is 11.6 Å². The van der Waals surface area contributed by atoms with Gasteiger partial charge >= 0.3 is 0 Å². The number of anilines is 1. The van der Waals surface area contributed by atoms with Gasteiger partial charge in [-0.25, -0.2) is 4.39 Å². The van der Waals surface area contributed by atoms with E-state index in [2.05, 4.69) is 34.3 Å². The lowest BCUT2D eigenvalue weighted by Gasteiger charge is -2.35. The molecule has 25 heavy (non-hydrogen) atoms. The maximum Gasteiger partial charge on any atom is 0.191 e. The van der Waals surface area contributed by atoms with Crippen LogP contribution in [0.2, 0.25) is 0 Å². The van der Waals surface area contributed by atoms with Gasteiger partial charge in [0.25, 0.3) is 0 Å². The van der Waals surface area contributed by atoms with Crippen molar-refractivity contribution < 1.29 is 4.39 Å². The Bertz CT molecular complexity index is 566. The minimum atomic E-state index is -0.175. The lowest BCUT2D eigenvalue weighted by atomic mass is 10.2. The van der Waals surface area contributed by atoms with Crippen LogP contribution < -0.4 is 15.5 Å². The van der Waals surface area contributed by atoms with E-state index in [-0.39, 0.29) is 5.82 Å². The lowest BCUT2D eigenvalue weighted by Crippen LogP contribution is -2.47. The van der Waals surface area contributed by atoms with Crippen LogP contribution in [-0.2, 0) is 0 Å². The van der Waals surface area contributed by atoms with E-state index in [4.69, 9.17) is 4.99 Å². The first-order valence-corrected chi connectivity index (χ1v) is 9.43. The maximum atomic E-state index is 13.0. The number of nitrogens with one attached hydrogen (secondary N) is 2. The first-order chi connectivity index (χ1) is 12.2. The Morgan fingerprint density at radius 1 is 1.20 bits per heavy atom. The Kier molecular flexibility index (Phi) is 6.13. The van der Waals surface area contributed by atoms with E-state index >= 15 is 0 Å². The maximum absolute atomic E-state index is 13.0. The Morgan fingerprint density at radius 2 is 1.88 bits per heavy atom. The van der Waals surface area contributed by atoms with Crippen molar-refractivity contribution in [1.82, 2.24) is 15.5 Å². The predicted octanol–water partition coefficient (Wildman–Crippen LogP) is 1.91. The van der Waals surface area contributed by atoms with Gasteiger partial charge in [-0.05, 0) is 43.5 Å². The molecule has 138 valence electrons. The Hall–Kier alpha value is -1.82. The second-order valence-corrected chi connectivity index (χ2v) is 7.03. The van der Waals surface area contributed by atoms with Crippen LogP contribution in [0.3, 0.4) is 0 Å². The number of hydrogen-bond acceptors (Lipinski definition) is 3. The van der Waals surface area contributed by atoms with Crippen LogP contribution in [0.1, 0.15) is 20.3 Å². The van der Waals surface area contributed by atoms with E-state index in [1.54, 1.807) is 0 Å². The molecule has 1 aromatic carbocycles. The number of piperazine rings is 1. The lowest BCUT2D eigenvalue weighted by molar-refractivity contribution is 0.265. The van der Waals surface area contributed by atoms with Crippen LogP contribution in [0, 0.1) is 11.7 Å². The van der Waals surface area contributed by atoms with Crippen LogP contribution in [0.15, 0.2) is 29.3 Å². The summed E-state index contributed by atoms with van der Waals surface area (Å²) in [5.41, 5.74) is 1.11. The van der Waals surface area contributed by atoms with Gasteiger partial charge in [0.05, 0.1) is 6.54 Å². The van der Waals surface area contributed by atoms with Crippen LogP contribution in [-0.4, -0.2) is 62.7 Å². The fourth-order valence-electron chi connectivity index (χ4n) is 3.20. The van der Waals surface area contributed by atoms with Crippen LogP contribution >= 0.6 is 0 Å². The van der Waals surface area contributed by atoms with Gasteiger partial charge in [-0.1, -0.05) is 6.92 Å². The van der Waals surface area contributed by atoms with Gasteiger partial charge in [0.15, 0.2) is 5.96 Å². The molecule has 0 aromatic heterocycles. The number of guanidine groups is 1. The van der Waals surface area contributed by atoms with Gasteiger partial charge in [-0.15, -0.1) is 0 Å². The number of hydrogen-bond donors (Lipinski definition) is 2. The minimum Gasteiger partial charge on any atom is -0.369 e. The third kappa shape index (κ3) is 5.33. The first kappa shape index (κ1) is 18.0. The van der Waals surface area contributed by atoms with Crippen LogP contribution in [0.5, 0.6) is 0 Å². The van der Waals surface area contributed by atoms with Crippen molar-refractivity contribution in [3.8, 4) is 0 Å².